The molecule has 1 aliphatic rings. The van der Waals surface area contributed by atoms with Crippen molar-refractivity contribution < 1.29 is 18.5 Å². The highest BCUT2D eigenvalue weighted by Crippen LogP contribution is 2.45. The van der Waals surface area contributed by atoms with Crippen LogP contribution in [-0.4, -0.2) is 18.1 Å². The van der Waals surface area contributed by atoms with Gasteiger partial charge >= 0.3 is 7.82 Å². The van der Waals surface area contributed by atoms with Gasteiger partial charge in [-0.2, -0.15) is 0 Å². The molecule has 1 rings (SSSR count). The van der Waals surface area contributed by atoms with Crippen molar-refractivity contribution in [1.82, 2.24) is 0 Å². The molecule has 0 aliphatic carbocycles. The summed E-state index contributed by atoms with van der Waals surface area (Å²) in [6, 6.07) is 0. The summed E-state index contributed by atoms with van der Waals surface area (Å²) in [5, 5.41) is 0. The highest BCUT2D eigenvalue weighted by atomic mass is 31.2. The molecule has 1 saturated heterocycles. The summed E-state index contributed by atoms with van der Waals surface area (Å²) in [5.74, 6) is 0.411. The zero-order valence-corrected chi connectivity index (χ0v) is 8.83. The van der Waals surface area contributed by atoms with Crippen LogP contribution in [0.25, 0.3) is 0 Å². The molecule has 0 bridgehead atoms. The second kappa shape index (κ2) is 5.11. The number of rotatable bonds is 2. The molecule has 0 spiro atoms. The van der Waals surface area contributed by atoms with Crippen LogP contribution in [0.5, 0.6) is 0 Å². The standard InChI is InChI=1S/C8H17O4P/c1-2-4-8-5-3-6-11-13(9,10)12-7-8/h8H,2-7H2,1H3,(H,9,10). The topological polar surface area (TPSA) is 55.8 Å². The van der Waals surface area contributed by atoms with Gasteiger partial charge in [-0.3, -0.25) is 9.05 Å². The van der Waals surface area contributed by atoms with Gasteiger partial charge in [0.25, 0.3) is 0 Å². The van der Waals surface area contributed by atoms with Crippen molar-refractivity contribution in [3.63, 3.8) is 0 Å². The lowest BCUT2D eigenvalue weighted by Gasteiger charge is -2.21. The Bertz CT molecular complexity index is 195. The predicted molar refractivity (Wildman–Crippen MR) is 49.4 cm³/mol. The fraction of sp³-hybridized carbons (Fsp3) is 1.00. The zero-order valence-electron chi connectivity index (χ0n) is 7.94. The third-order valence-electron chi connectivity index (χ3n) is 2.18. The van der Waals surface area contributed by atoms with Gasteiger partial charge in [-0.05, 0) is 25.2 Å². The third kappa shape index (κ3) is 4.23. The van der Waals surface area contributed by atoms with Gasteiger partial charge in [-0.15, -0.1) is 0 Å². The van der Waals surface area contributed by atoms with Crippen LogP contribution in [0.3, 0.4) is 0 Å². The van der Waals surface area contributed by atoms with Gasteiger partial charge in [0, 0.05) is 0 Å². The van der Waals surface area contributed by atoms with E-state index >= 15 is 0 Å². The van der Waals surface area contributed by atoms with Crippen LogP contribution in [0.15, 0.2) is 0 Å². The van der Waals surface area contributed by atoms with E-state index in [0.29, 0.717) is 19.1 Å². The van der Waals surface area contributed by atoms with Crippen LogP contribution in [-0.2, 0) is 13.6 Å². The van der Waals surface area contributed by atoms with Crippen LogP contribution >= 0.6 is 7.82 Å². The first-order chi connectivity index (χ1) is 6.14. The summed E-state index contributed by atoms with van der Waals surface area (Å²) in [7, 11) is -3.72. The van der Waals surface area contributed by atoms with E-state index in [4.69, 9.17) is 9.42 Å². The minimum Gasteiger partial charge on any atom is -0.302 e. The first kappa shape index (κ1) is 11.2. The van der Waals surface area contributed by atoms with E-state index in [9.17, 15) is 4.57 Å². The number of phosphoric ester groups is 1. The smallest absolute Gasteiger partial charge is 0.302 e. The molecule has 2 unspecified atom stereocenters. The summed E-state index contributed by atoms with van der Waals surface area (Å²) >= 11 is 0. The van der Waals surface area contributed by atoms with Gasteiger partial charge in [-0.25, -0.2) is 4.57 Å². The molecule has 0 saturated carbocycles. The molecule has 0 radical (unpaired) electrons. The van der Waals surface area contributed by atoms with Crippen LogP contribution in [0.1, 0.15) is 32.6 Å². The Labute approximate surface area is 78.9 Å². The van der Waals surface area contributed by atoms with Gasteiger partial charge in [0.1, 0.15) is 0 Å². The lowest BCUT2D eigenvalue weighted by molar-refractivity contribution is 0.103. The van der Waals surface area contributed by atoms with E-state index < -0.39 is 7.82 Å². The normalized spacial score (nSPS) is 36.6. The quantitative estimate of drug-likeness (QED) is 0.707. The average molecular weight is 208 g/mol. The van der Waals surface area contributed by atoms with Crippen molar-refractivity contribution in [3.05, 3.63) is 0 Å². The Morgan fingerprint density at radius 2 is 2.31 bits per heavy atom. The molecule has 2 atom stereocenters. The van der Waals surface area contributed by atoms with Crippen molar-refractivity contribution in [2.75, 3.05) is 13.2 Å². The Hall–Kier alpha value is 0.110. The molecular formula is C8H17O4P. The van der Waals surface area contributed by atoms with Gasteiger partial charge in [0.15, 0.2) is 0 Å². The van der Waals surface area contributed by atoms with Crippen LogP contribution in [0.4, 0.5) is 0 Å². The van der Waals surface area contributed by atoms with E-state index in [1.165, 1.54) is 0 Å². The lowest BCUT2D eigenvalue weighted by atomic mass is 9.99. The van der Waals surface area contributed by atoms with Crippen molar-refractivity contribution in [2.24, 2.45) is 5.92 Å². The van der Waals surface area contributed by atoms with E-state index in [2.05, 4.69) is 11.4 Å². The molecule has 0 amide bonds. The van der Waals surface area contributed by atoms with Crippen molar-refractivity contribution in [2.45, 2.75) is 32.6 Å². The first-order valence-corrected chi connectivity index (χ1v) is 6.25. The Kier molecular flexibility index (Phi) is 4.39. The average Bonchev–Trinajstić information content (AvgIpc) is 2.05. The minimum absolute atomic E-state index is 0.327. The van der Waals surface area contributed by atoms with Crippen molar-refractivity contribution in [1.29, 1.82) is 0 Å². The fourth-order valence-corrected chi connectivity index (χ4v) is 2.34. The summed E-state index contributed by atoms with van der Waals surface area (Å²) in [4.78, 5) is 9.08. The van der Waals surface area contributed by atoms with E-state index in [-0.39, 0.29) is 0 Å². The molecule has 5 heteroatoms. The summed E-state index contributed by atoms with van der Waals surface area (Å²) in [6.45, 7) is 2.78. The van der Waals surface area contributed by atoms with Gasteiger partial charge < -0.3 is 4.89 Å². The highest BCUT2D eigenvalue weighted by molar-refractivity contribution is 7.47. The number of hydrogen-bond donors (Lipinski definition) is 1. The molecule has 1 aliphatic heterocycles. The Balaban J connectivity index is 2.41. The van der Waals surface area contributed by atoms with E-state index in [1.807, 2.05) is 0 Å². The molecular weight excluding hydrogens is 191 g/mol. The molecule has 0 aromatic rings. The number of phosphoric acid groups is 1. The second-order valence-corrected chi connectivity index (χ2v) is 4.85. The van der Waals surface area contributed by atoms with Gasteiger partial charge in [-0.1, -0.05) is 13.3 Å². The van der Waals surface area contributed by atoms with Crippen LogP contribution in [0.2, 0.25) is 0 Å². The second-order valence-electron chi connectivity index (χ2n) is 3.39. The molecule has 1 N–H and O–H groups in total. The maximum absolute atomic E-state index is 11.1. The SMILES string of the molecule is CCCC1CCCOP(=O)(O)OC1. The summed E-state index contributed by atoms with van der Waals surface area (Å²) in [6.07, 6.45) is 4.01. The fourth-order valence-electron chi connectivity index (χ4n) is 1.51. The molecule has 78 valence electrons. The molecule has 13 heavy (non-hydrogen) atoms. The maximum atomic E-state index is 11.1. The van der Waals surface area contributed by atoms with E-state index in [0.717, 1.165) is 25.7 Å². The minimum atomic E-state index is -3.72. The van der Waals surface area contributed by atoms with E-state index in [1.54, 1.807) is 0 Å². The predicted octanol–water partition coefficient (Wildman–Crippen LogP) is 2.33. The number of hydrogen-bond acceptors (Lipinski definition) is 3. The summed E-state index contributed by atoms with van der Waals surface area (Å²) in [5.41, 5.74) is 0. The van der Waals surface area contributed by atoms with Crippen molar-refractivity contribution in [3.8, 4) is 0 Å². The molecule has 1 heterocycles. The summed E-state index contributed by atoms with van der Waals surface area (Å²) < 4.78 is 20.6. The van der Waals surface area contributed by atoms with Gasteiger partial charge in [0.2, 0.25) is 0 Å². The zero-order chi connectivity index (χ0) is 9.73. The highest BCUT2D eigenvalue weighted by Gasteiger charge is 2.25. The lowest BCUT2D eigenvalue weighted by Crippen LogP contribution is -2.13. The molecule has 1 fully saturated rings. The Morgan fingerprint density at radius 1 is 1.54 bits per heavy atom. The molecule has 0 aromatic carbocycles. The third-order valence-corrected chi connectivity index (χ3v) is 3.17. The monoisotopic (exact) mass is 208 g/mol. The first-order valence-electron chi connectivity index (χ1n) is 4.76. The van der Waals surface area contributed by atoms with Crippen LogP contribution < -0.4 is 0 Å². The van der Waals surface area contributed by atoms with Crippen molar-refractivity contribution >= 4 is 7.82 Å². The van der Waals surface area contributed by atoms with Gasteiger partial charge in [0.05, 0.1) is 13.2 Å². The molecule has 4 nitrogen and oxygen atoms in total. The Morgan fingerprint density at radius 3 is 3.00 bits per heavy atom. The largest absolute Gasteiger partial charge is 0.472 e. The van der Waals surface area contributed by atoms with Crippen LogP contribution in [0, 0.1) is 5.92 Å². The maximum Gasteiger partial charge on any atom is 0.472 e. The molecule has 0 aromatic heterocycles.